The third-order valence-corrected chi connectivity index (χ3v) is 6.59. The Bertz CT molecular complexity index is 991. The molecule has 2 saturated heterocycles. The molecule has 0 bridgehead atoms. The van der Waals surface area contributed by atoms with Crippen molar-refractivity contribution in [3.05, 3.63) is 54.1 Å². The summed E-state index contributed by atoms with van der Waals surface area (Å²) in [6.07, 6.45) is 8.90. The van der Waals surface area contributed by atoms with Crippen molar-refractivity contribution in [2.75, 3.05) is 24.5 Å². The predicted octanol–water partition coefficient (Wildman–Crippen LogP) is 1.47. The van der Waals surface area contributed by atoms with Gasteiger partial charge in [-0.25, -0.2) is 14.5 Å². The van der Waals surface area contributed by atoms with Gasteiger partial charge in [-0.05, 0) is 48.9 Å². The molecule has 0 aromatic carbocycles. The van der Waals surface area contributed by atoms with Crippen molar-refractivity contribution >= 4 is 11.5 Å². The van der Waals surface area contributed by atoms with Crippen LogP contribution in [0.2, 0.25) is 0 Å². The maximum Gasteiger partial charge on any atom is 0.158 e. The Kier molecular flexibility index (Phi) is 5.37. The third kappa shape index (κ3) is 3.66. The molecule has 30 heavy (non-hydrogen) atoms. The number of rotatable bonds is 6. The molecule has 3 aromatic rings. The molecule has 5 rings (SSSR count). The Morgan fingerprint density at radius 3 is 2.90 bits per heavy atom. The van der Waals surface area contributed by atoms with Crippen LogP contribution in [-0.4, -0.2) is 66.6 Å². The molecule has 0 aliphatic carbocycles. The SMILES string of the molecule is OCc1ccc(N2CCN3C(O)[C@@H](CCCc4cccn5ncnc45)C[C@H]3C2)nc1. The second-order valence-corrected chi connectivity index (χ2v) is 8.38. The van der Waals surface area contributed by atoms with E-state index in [1.165, 1.54) is 5.56 Å². The summed E-state index contributed by atoms with van der Waals surface area (Å²) in [4.78, 5) is 13.4. The first-order valence-corrected chi connectivity index (χ1v) is 10.7. The predicted molar refractivity (Wildman–Crippen MR) is 113 cm³/mol. The molecule has 0 saturated carbocycles. The summed E-state index contributed by atoms with van der Waals surface area (Å²) in [6, 6.07) is 8.40. The first-order chi connectivity index (χ1) is 14.7. The van der Waals surface area contributed by atoms with E-state index in [0.717, 1.165) is 62.3 Å². The first kappa shape index (κ1) is 19.4. The third-order valence-electron chi connectivity index (χ3n) is 6.59. The van der Waals surface area contributed by atoms with Gasteiger partial charge in [0.15, 0.2) is 5.65 Å². The fourth-order valence-corrected chi connectivity index (χ4v) is 5.00. The van der Waals surface area contributed by atoms with Crippen molar-refractivity contribution in [3.63, 3.8) is 0 Å². The maximum atomic E-state index is 10.9. The average molecular weight is 409 g/mol. The smallest absolute Gasteiger partial charge is 0.158 e. The van der Waals surface area contributed by atoms with Crippen molar-refractivity contribution in [2.45, 2.75) is 44.6 Å². The van der Waals surface area contributed by atoms with Gasteiger partial charge in [0.1, 0.15) is 18.4 Å². The number of aliphatic hydroxyl groups is 2. The molecule has 8 nitrogen and oxygen atoms in total. The van der Waals surface area contributed by atoms with Gasteiger partial charge in [0.25, 0.3) is 0 Å². The van der Waals surface area contributed by atoms with Crippen LogP contribution in [0.5, 0.6) is 0 Å². The van der Waals surface area contributed by atoms with E-state index in [1.54, 1.807) is 12.5 Å². The minimum atomic E-state index is -0.356. The van der Waals surface area contributed by atoms with Crippen LogP contribution >= 0.6 is 0 Å². The van der Waals surface area contributed by atoms with Gasteiger partial charge in [0, 0.05) is 44.0 Å². The molecule has 2 aliphatic heterocycles. The Morgan fingerprint density at radius 2 is 2.07 bits per heavy atom. The average Bonchev–Trinajstić information content (AvgIpc) is 3.39. The Labute approximate surface area is 175 Å². The number of aryl methyl sites for hydroxylation is 1. The van der Waals surface area contributed by atoms with Crippen LogP contribution in [0, 0.1) is 5.92 Å². The number of hydrogen-bond acceptors (Lipinski definition) is 7. The Balaban J connectivity index is 1.18. The molecule has 3 aromatic heterocycles. The quantitative estimate of drug-likeness (QED) is 0.638. The molecule has 0 amide bonds. The minimum Gasteiger partial charge on any atom is -0.392 e. The van der Waals surface area contributed by atoms with E-state index in [-0.39, 0.29) is 12.8 Å². The highest BCUT2D eigenvalue weighted by Gasteiger charge is 2.42. The van der Waals surface area contributed by atoms with Crippen molar-refractivity contribution in [2.24, 2.45) is 5.92 Å². The lowest BCUT2D eigenvalue weighted by atomic mass is 9.96. The summed E-state index contributed by atoms with van der Waals surface area (Å²) in [7, 11) is 0. The number of nitrogens with zero attached hydrogens (tertiary/aromatic N) is 6. The molecule has 2 fully saturated rings. The number of anilines is 1. The number of hydrogen-bond donors (Lipinski definition) is 2. The Morgan fingerprint density at radius 1 is 1.13 bits per heavy atom. The van der Waals surface area contributed by atoms with Gasteiger partial charge < -0.3 is 15.1 Å². The molecule has 1 unspecified atom stereocenters. The van der Waals surface area contributed by atoms with Crippen LogP contribution in [0.25, 0.3) is 5.65 Å². The van der Waals surface area contributed by atoms with Crippen LogP contribution in [-0.2, 0) is 13.0 Å². The molecule has 8 heteroatoms. The molecule has 3 atom stereocenters. The molecular weight excluding hydrogens is 380 g/mol. The van der Waals surface area contributed by atoms with E-state index in [9.17, 15) is 10.2 Å². The zero-order chi connectivity index (χ0) is 20.5. The van der Waals surface area contributed by atoms with E-state index in [1.807, 2.05) is 28.9 Å². The van der Waals surface area contributed by atoms with Crippen molar-refractivity contribution in [1.29, 1.82) is 0 Å². The lowest BCUT2D eigenvalue weighted by molar-refractivity contribution is -0.0126. The van der Waals surface area contributed by atoms with Crippen LogP contribution in [0.4, 0.5) is 5.82 Å². The standard InChI is InChI=1S/C22H28N6O2/c29-14-16-6-7-20(23-12-16)26-9-10-27-19(13-26)11-18(22(27)30)4-1-3-17-5-2-8-28-21(17)24-15-25-28/h2,5-8,12,15,18-19,22,29-30H,1,3-4,9-11,13-14H2/t18-,19-,22?/m0/s1. The largest absolute Gasteiger partial charge is 0.392 e. The van der Waals surface area contributed by atoms with Crippen LogP contribution in [0.1, 0.15) is 30.4 Å². The maximum absolute atomic E-state index is 10.9. The van der Waals surface area contributed by atoms with Crippen molar-refractivity contribution < 1.29 is 10.2 Å². The summed E-state index contributed by atoms with van der Waals surface area (Å²) in [5, 5.41) is 24.3. The topological polar surface area (TPSA) is 90.0 Å². The van der Waals surface area contributed by atoms with Crippen molar-refractivity contribution in [1.82, 2.24) is 24.5 Å². The number of aliphatic hydroxyl groups excluding tert-OH is 2. The van der Waals surface area contributed by atoms with Gasteiger partial charge in [-0.3, -0.25) is 4.90 Å². The van der Waals surface area contributed by atoms with Gasteiger partial charge in [-0.2, -0.15) is 5.10 Å². The second kappa shape index (κ2) is 8.29. The summed E-state index contributed by atoms with van der Waals surface area (Å²) in [6.45, 7) is 2.62. The van der Waals surface area contributed by atoms with Crippen LogP contribution in [0.3, 0.4) is 0 Å². The molecule has 158 valence electrons. The van der Waals surface area contributed by atoms with Gasteiger partial charge in [0.2, 0.25) is 0 Å². The lowest BCUT2D eigenvalue weighted by Crippen LogP contribution is -2.53. The summed E-state index contributed by atoms with van der Waals surface area (Å²) >= 11 is 0. The number of piperazine rings is 1. The zero-order valence-corrected chi connectivity index (χ0v) is 17.0. The van der Waals surface area contributed by atoms with Gasteiger partial charge in [-0.1, -0.05) is 12.1 Å². The van der Waals surface area contributed by atoms with E-state index < -0.39 is 0 Å². The first-order valence-electron chi connectivity index (χ1n) is 10.7. The van der Waals surface area contributed by atoms with E-state index in [2.05, 4.69) is 30.9 Å². The summed E-state index contributed by atoms with van der Waals surface area (Å²) in [5.74, 6) is 1.25. The van der Waals surface area contributed by atoms with E-state index in [4.69, 9.17) is 0 Å². The highest BCUT2D eigenvalue weighted by Crippen LogP contribution is 2.35. The molecule has 2 N–H and O–H groups in total. The number of pyridine rings is 2. The second-order valence-electron chi connectivity index (χ2n) is 8.38. The normalized spacial score (nSPS) is 24.5. The summed E-state index contributed by atoms with van der Waals surface area (Å²) < 4.78 is 1.82. The van der Waals surface area contributed by atoms with E-state index in [0.29, 0.717) is 12.0 Å². The minimum absolute atomic E-state index is 0.0170. The molecular formula is C22H28N6O2. The Hall–Kier alpha value is -2.55. The fraction of sp³-hybridized carbons (Fsp3) is 0.500. The van der Waals surface area contributed by atoms with Gasteiger partial charge in [0.05, 0.1) is 6.61 Å². The highest BCUT2D eigenvalue weighted by molar-refractivity contribution is 5.46. The molecule has 0 radical (unpaired) electrons. The fourth-order valence-electron chi connectivity index (χ4n) is 5.00. The molecule has 5 heterocycles. The van der Waals surface area contributed by atoms with Crippen LogP contribution < -0.4 is 4.90 Å². The summed E-state index contributed by atoms with van der Waals surface area (Å²) in [5.41, 5.74) is 2.97. The number of fused-ring (bicyclic) bond motifs is 2. The van der Waals surface area contributed by atoms with E-state index >= 15 is 0 Å². The van der Waals surface area contributed by atoms with Gasteiger partial charge in [-0.15, -0.1) is 0 Å². The van der Waals surface area contributed by atoms with Crippen LogP contribution in [0.15, 0.2) is 43.0 Å². The molecule has 2 aliphatic rings. The van der Waals surface area contributed by atoms with Crippen molar-refractivity contribution in [3.8, 4) is 0 Å². The highest BCUT2D eigenvalue weighted by atomic mass is 16.3. The molecule has 0 spiro atoms. The number of aromatic nitrogens is 4. The monoisotopic (exact) mass is 408 g/mol. The van der Waals surface area contributed by atoms with Gasteiger partial charge >= 0.3 is 0 Å². The lowest BCUT2D eigenvalue weighted by Gasteiger charge is -2.39. The zero-order valence-electron chi connectivity index (χ0n) is 17.0.